The lowest BCUT2D eigenvalue weighted by Crippen LogP contribution is -2.27. The topological polar surface area (TPSA) is 118 Å². The predicted molar refractivity (Wildman–Crippen MR) is 124 cm³/mol. The van der Waals surface area contributed by atoms with Gasteiger partial charge in [0.05, 0.1) is 29.7 Å². The molecule has 0 aliphatic carbocycles. The number of hydrazone groups is 1. The Labute approximate surface area is 192 Å². The number of methoxy groups -OCH3 is 1. The first-order valence-electron chi connectivity index (χ1n) is 10.1. The Morgan fingerprint density at radius 3 is 2.33 bits per heavy atom. The second-order valence-electron chi connectivity index (χ2n) is 7.32. The molecule has 0 radical (unpaired) electrons. The van der Waals surface area contributed by atoms with Crippen LogP contribution >= 0.6 is 0 Å². The van der Waals surface area contributed by atoms with Gasteiger partial charge in [-0.3, -0.25) is 4.72 Å². The molecule has 2 aromatic carbocycles. The molecule has 2 heterocycles. The van der Waals surface area contributed by atoms with Gasteiger partial charge in [-0.2, -0.15) is 17.9 Å². The molecule has 0 bridgehead atoms. The first-order valence-corrected chi connectivity index (χ1v) is 13.2. The van der Waals surface area contributed by atoms with Gasteiger partial charge in [0.1, 0.15) is 17.6 Å². The number of sulfonamides is 2. The molecule has 0 fully saturated rings. The third-order valence-electron chi connectivity index (χ3n) is 5.22. The van der Waals surface area contributed by atoms with Gasteiger partial charge in [0.2, 0.25) is 10.0 Å². The number of hydrogen-bond acceptors (Lipinski definition) is 7. The summed E-state index contributed by atoms with van der Waals surface area (Å²) in [6, 6.07) is 15.5. The largest absolute Gasteiger partial charge is 0.497 e. The molecule has 0 spiro atoms. The molecule has 1 atom stereocenters. The van der Waals surface area contributed by atoms with Crippen molar-refractivity contribution in [3.63, 3.8) is 0 Å². The van der Waals surface area contributed by atoms with Gasteiger partial charge in [0.25, 0.3) is 10.0 Å². The van der Waals surface area contributed by atoms with Crippen molar-refractivity contribution in [1.82, 2.24) is 4.41 Å². The number of hydrogen-bond donors (Lipinski definition) is 1. The number of nitrogens with zero attached hydrogens (tertiary/aromatic N) is 2. The first kappa shape index (κ1) is 22.9. The summed E-state index contributed by atoms with van der Waals surface area (Å²) in [6.07, 6.45) is 1.78. The fourth-order valence-electron chi connectivity index (χ4n) is 3.42. The van der Waals surface area contributed by atoms with Crippen LogP contribution in [-0.2, 0) is 20.0 Å². The summed E-state index contributed by atoms with van der Waals surface area (Å²) in [4.78, 5) is 0.0779. The van der Waals surface area contributed by atoms with Crippen molar-refractivity contribution in [2.45, 2.75) is 24.3 Å². The molecular weight excluding hydrogens is 466 g/mol. The van der Waals surface area contributed by atoms with Crippen LogP contribution in [0.25, 0.3) is 0 Å². The van der Waals surface area contributed by atoms with Crippen LogP contribution in [0.3, 0.4) is 0 Å². The van der Waals surface area contributed by atoms with Crippen molar-refractivity contribution in [3.05, 3.63) is 78.3 Å². The molecule has 0 amide bonds. The van der Waals surface area contributed by atoms with Crippen molar-refractivity contribution in [2.75, 3.05) is 17.6 Å². The first-order chi connectivity index (χ1) is 15.7. The van der Waals surface area contributed by atoms with Gasteiger partial charge < -0.3 is 9.15 Å². The molecule has 4 rings (SSSR count). The van der Waals surface area contributed by atoms with Gasteiger partial charge in [-0.1, -0.05) is 12.1 Å². The highest BCUT2D eigenvalue weighted by molar-refractivity contribution is 7.92. The third kappa shape index (κ3) is 4.74. The Bertz CT molecular complexity index is 1350. The zero-order valence-electron chi connectivity index (χ0n) is 18.0. The number of furan rings is 1. The Morgan fingerprint density at radius 1 is 1.06 bits per heavy atom. The van der Waals surface area contributed by atoms with Crippen molar-refractivity contribution in [1.29, 1.82) is 0 Å². The number of nitrogens with one attached hydrogen (secondary N) is 1. The number of ether oxygens (including phenoxy) is 1. The average molecular weight is 490 g/mol. The van der Waals surface area contributed by atoms with Crippen LogP contribution in [0.2, 0.25) is 0 Å². The summed E-state index contributed by atoms with van der Waals surface area (Å²) in [6.45, 7) is 1.55. The molecule has 33 heavy (non-hydrogen) atoms. The lowest BCUT2D eigenvalue weighted by Gasteiger charge is -2.21. The highest BCUT2D eigenvalue weighted by Gasteiger charge is 2.39. The van der Waals surface area contributed by atoms with E-state index in [1.807, 2.05) is 0 Å². The number of anilines is 1. The van der Waals surface area contributed by atoms with Gasteiger partial charge in [-0.25, -0.2) is 8.42 Å². The quantitative estimate of drug-likeness (QED) is 0.517. The molecule has 11 heteroatoms. The molecule has 0 saturated heterocycles. The molecule has 1 aromatic heterocycles. The monoisotopic (exact) mass is 489 g/mol. The van der Waals surface area contributed by atoms with Crippen molar-refractivity contribution in [3.8, 4) is 5.75 Å². The summed E-state index contributed by atoms with van der Waals surface area (Å²) >= 11 is 0. The normalized spacial score (nSPS) is 16.5. The Kier molecular flexibility index (Phi) is 6.17. The van der Waals surface area contributed by atoms with Gasteiger partial charge in [-0.15, -0.1) is 0 Å². The summed E-state index contributed by atoms with van der Waals surface area (Å²) in [5, 5.41) is 4.44. The summed E-state index contributed by atoms with van der Waals surface area (Å²) in [5.74, 6) is 0.976. The highest BCUT2D eigenvalue weighted by atomic mass is 32.2. The van der Waals surface area contributed by atoms with Crippen LogP contribution in [0.15, 0.2) is 81.3 Å². The summed E-state index contributed by atoms with van der Waals surface area (Å²) < 4.78 is 64.6. The van der Waals surface area contributed by atoms with Crippen LogP contribution < -0.4 is 9.46 Å². The minimum absolute atomic E-state index is 0.0372. The smallest absolute Gasteiger partial charge is 0.279 e. The van der Waals surface area contributed by atoms with Crippen molar-refractivity contribution in [2.24, 2.45) is 5.10 Å². The Hall–Kier alpha value is -3.31. The van der Waals surface area contributed by atoms with E-state index in [2.05, 4.69) is 9.82 Å². The van der Waals surface area contributed by atoms with E-state index in [4.69, 9.17) is 9.15 Å². The molecule has 1 N–H and O–H groups in total. The minimum atomic E-state index is -3.98. The van der Waals surface area contributed by atoms with Gasteiger partial charge in [0, 0.05) is 12.1 Å². The standard InChI is InChI=1S/C22H23N3O6S2/c1-3-32(26,27)24-17-8-6-16(7-9-17)20-15-21(22-5-4-14-31-22)25(23-20)33(28,29)19-12-10-18(30-2)11-13-19/h4-14,21,24H,3,15H2,1-2H3/t21-/m1/s1. The van der Waals surface area contributed by atoms with Crippen LogP contribution in [0, 0.1) is 0 Å². The summed E-state index contributed by atoms with van der Waals surface area (Å²) in [5.41, 5.74) is 1.64. The molecule has 1 aliphatic heterocycles. The van der Waals surface area contributed by atoms with Gasteiger partial charge >= 0.3 is 0 Å². The molecule has 3 aromatic rings. The molecule has 0 unspecified atom stereocenters. The maximum absolute atomic E-state index is 13.4. The third-order valence-corrected chi connectivity index (χ3v) is 8.22. The highest BCUT2D eigenvalue weighted by Crippen LogP contribution is 2.37. The van der Waals surface area contributed by atoms with E-state index in [1.54, 1.807) is 55.5 Å². The fourth-order valence-corrected chi connectivity index (χ4v) is 5.47. The fraction of sp³-hybridized carbons (Fsp3) is 0.227. The average Bonchev–Trinajstić information content (AvgIpc) is 3.50. The predicted octanol–water partition coefficient (Wildman–Crippen LogP) is 3.59. The Morgan fingerprint density at radius 2 is 1.76 bits per heavy atom. The van der Waals surface area contributed by atoms with Crippen LogP contribution in [0.4, 0.5) is 5.69 Å². The van der Waals surface area contributed by atoms with E-state index in [0.717, 1.165) is 4.41 Å². The van der Waals surface area contributed by atoms with E-state index in [1.165, 1.54) is 25.5 Å². The van der Waals surface area contributed by atoms with Crippen molar-refractivity contribution >= 4 is 31.4 Å². The van der Waals surface area contributed by atoms with Crippen molar-refractivity contribution < 1.29 is 26.0 Å². The zero-order valence-corrected chi connectivity index (χ0v) is 19.6. The van der Waals surface area contributed by atoms with E-state index in [-0.39, 0.29) is 10.6 Å². The van der Waals surface area contributed by atoms with Crippen LogP contribution in [0.1, 0.15) is 30.7 Å². The lowest BCUT2D eigenvalue weighted by molar-refractivity contribution is 0.320. The Balaban J connectivity index is 1.68. The molecule has 174 valence electrons. The lowest BCUT2D eigenvalue weighted by atomic mass is 10.0. The zero-order chi connectivity index (χ0) is 23.6. The second-order valence-corrected chi connectivity index (χ2v) is 11.1. The minimum Gasteiger partial charge on any atom is -0.497 e. The maximum Gasteiger partial charge on any atom is 0.279 e. The molecule has 9 nitrogen and oxygen atoms in total. The number of rotatable bonds is 8. The molecular formula is C22H23N3O6S2. The molecule has 1 aliphatic rings. The van der Waals surface area contributed by atoms with E-state index in [9.17, 15) is 16.8 Å². The maximum atomic E-state index is 13.4. The second kappa shape index (κ2) is 8.91. The number of benzene rings is 2. The SMILES string of the molecule is CCS(=O)(=O)Nc1ccc(C2=NN(S(=O)(=O)c3ccc(OC)cc3)[C@@H](c3ccco3)C2)cc1. The van der Waals surface area contributed by atoms with Gasteiger partial charge in [-0.05, 0) is 61.0 Å². The van der Waals surface area contributed by atoms with Gasteiger partial charge in [0.15, 0.2) is 0 Å². The van der Waals surface area contributed by atoms with Crippen LogP contribution in [0.5, 0.6) is 5.75 Å². The van der Waals surface area contributed by atoms with E-state index in [0.29, 0.717) is 34.9 Å². The van der Waals surface area contributed by atoms with E-state index >= 15 is 0 Å². The van der Waals surface area contributed by atoms with E-state index < -0.39 is 26.1 Å². The van der Waals surface area contributed by atoms with Crippen LogP contribution in [-0.4, -0.2) is 39.8 Å². The molecule has 0 saturated carbocycles. The summed E-state index contributed by atoms with van der Waals surface area (Å²) in [7, 11) is -5.87.